The van der Waals surface area contributed by atoms with Gasteiger partial charge in [0, 0.05) is 13.2 Å². The quantitative estimate of drug-likeness (QED) is 0.653. The minimum absolute atomic E-state index is 0.0160. The second-order valence-electron chi connectivity index (χ2n) is 4.65. The van der Waals surface area contributed by atoms with Gasteiger partial charge in [0.1, 0.15) is 11.9 Å². The average Bonchev–Trinajstić information content (AvgIpc) is 2.38. The van der Waals surface area contributed by atoms with Crippen LogP contribution >= 0.6 is 0 Å². The van der Waals surface area contributed by atoms with Gasteiger partial charge in [-0.05, 0) is 18.9 Å². The fourth-order valence-corrected chi connectivity index (χ4v) is 2.54. The van der Waals surface area contributed by atoms with Gasteiger partial charge in [-0.1, -0.05) is 12.8 Å². The van der Waals surface area contributed by atoms with Crippen LogP contribution in [0.3, 0.4) is 0 Å². The highest BCUT2D eigenvalue weighted by Crippen LogP contribution is 2.31. The third-order valence-electron chi connectivity index (χ3n) is 3.55. The second-order valence-corrected chi connectivity index (χ2v) is 4.65. The van der Waals surface area contributed by atoms with Crippen LogP contribution in [0.15, 0.2) is 18.5 Å². The number of anilines is 1. The Morgan fingerprint density at radius 3 is 2.89 bits per heavy atom. The van der Waals surface area contributed by atoms with Crippen LogP contribution in [0.25, 0.3) is 0 Å². The molecule has 1 aromatic heterocycles. The summed E-state index contributed by atoms with van der Waals surface area (Å²) >= 11 is 0. The molecule has 2 unspecified atom stereocenters. The van der Waals surface area contributed by atoms with E-state index in [-0.39, 0.29) is 11.7 Å². The van der Waals surface area contributed by atoms with Crippen LogP contribution in [0.2, 0.25) is 0 Å². The molecule has 0 spiro atoms. The molecule has 0 radical (unpaired) electrons. The highest BCUT2D eigenvalue weighted by molar-refractivity contribution is 5.61. The standard InChI is InChI=1S/C12H17N3O3/c1-14(10-4-2-3-5-12(10)16)9-6-7-13-8-11(9)15(17)18/h6-8,10,12,16H,2-5H2,1H3. The van der Waals surface area contributed by atoms with E-state index in [0.717, 1.165) is 25.7 Å². The number of nitro groups is 1. The van der Waals surface area contributed by atoms with E-state index in [4.69, 9.17) is 0 Å². The molecule has 6 nitrogen and oxygen atoms in total. The van der Waals surface area contributed by atoms with Crippen LogP contribution in [-0.4, -0.2) is 34.2 Å². The van der Waals surface area contributed by atoms with Gasteiger partial charge in [-0.2, -0.15) is 0 Å². The van der Waals surface area contributed by atoms with Crippen LogP contribution in [0.1, 0.15) is 25.7 Å². The van der Waals surface area contributed by atoms with Gasteiger partial charge in [0.05, 0.1) is 17.1 Å². The lowest BCUT2D eigenvalue weighted by Crippen LogP contribution is -2.43. The summed E-state index contributed by atoms with van der Waals surface area (Å²) in [5.41, 5.74) is 0.499. The molecule has 2 atom stereocenters. The van der Waals surface area contributed by atoms with Gasteiger partial charge in [0.25, 0.3) is 0 Å². The van der Waals surface area contributed by atoms with Gasteiger partial charge in [0.15, 0.2) is 0 Å². The fourth-order valence-electron chi connectivity index (χ4n) is 2.54. The highest BCUT2D eigenvalue weighted by Gasteiger charge is 2.29. The Morgan fingerprint density at radius 2 is 2.22 bits per heavy atom. The summed E-state index contributed by atoms with van der Waals surface area (Å²) < 4.78 is 0. The van der Waals surface area contributed by atoms with Gasteiger partial charge in [-0.25, -0.2) is 0 Å². The van der Waals surface area contributed by atoms with E-state index in [9.17, 15) is 15.2 Å². The van der Waals surface area contributed by atoms with E-state index in [0.29, 0.717) is 5.69 Å². The Bertz CT molecular complexity index is 438. The van der Waals surface area contributed by atoms with Crippen molar-refractivity contribution >= 4 is 11.4 Å². The van der Waals surface area contributed by atoms with Crippen LogP contribution in [0, 0.1) is 10.1 Å². The summed E-state index contributed by atoms with van der Waals surface area (Å²) in [5.74, 6) is 0. The van der Waals surface area contributed by atoms with E-state index in [1.807, 2.05) is 4.90 Å². The molecule has 1 aromatic rings. The first-order valence-corrected chi connectivity index (χ1v) is 6.10. The lowest BCUT2D eigenvalue weighted by atomic mass is 9.91. The van der Waals surface area contributed by atoms with E-state index in [1.165, 1.54) is 12.4 Å². The van der Waals surface area contributed by atoms with Crippen LogP contribution < -0.4 is 4.90 Å². The number of aliphatic hydroxyl groups is 1. The maximum Gasteiger partial charge on any atom is 0.310 e. The van der Waals surface area contributed by atoms with Gasteiger partial charge in [-0.3, -0.25) is 15.1 Å². The van der Waals surface area contributed by atoms with Crippen molar-refractivity contribution in [2.75, 3.05) is 11.9 Å². The van der Waals surface area contributed by atoms with Gasteiger partial charge < -0.3 is 10.0 Å². The topological polar surface area (TPSA) is 79.5 Å². The Kier molecular flexibility index (Phi) is 3.76. The summed E-state index contributed by atoms with van der Waals surface area (Å²) in [7, 11) is 1.79. The van der Waals surface area contributed by atoms with E-state index in [1.54, 1.807) is 13.1 Å². The maximum absolute atomic E-state index is 11.0. The van der Waals surface area contributed by atoms with Crippen molar-refractivity contribution in [1.82, 2.24) is 4.98 Å². The van der Waals surface area contributed by atoms with E-state index >= 15 is 0 Å². The first-order chi connectivity index (χ1) is 8.61. The molecule has 1 N–H and O–H groups in total. The van der Waals surface area contributed by atoms with Gasteiger partial charge in [0.2, 0.25) is 0 Å². The number of hydrogen-bond donors (Lipinski definition) is 1. The number of rotatable bonds is 3. The third-order valence-corrected chi connectivity index (χ3v) is 3.55. The molecule has 98 valence electrons. The molecule has 1 aliphatic carbocycles. The summed E-state index contributed by atoms with van der Waals surface area (Å²) in [6.07, 6.45) is 6.05. The smallest absolute Gasteiger partial charge is 0.310 e. The molecule has 6 heteroatoms. The first kappa shape index (κ1) is 12.8. The normalized spacial score (nSPS) is 23.7. The van der Waals surface area contributed by atoms with Crippen molar-refractivity contribution in [3.05, 3.63) is 28.6 Å². The number of aromatic nitrogens is 1. The fraction of sp³-hybridized carbons (Fsp3) is 0.583. The Hall–Kier alpha value is -1.69. The van der Waals surface area contributed by atoms with Crippen molar-refractivity contribution in [3.63, 3.8) is 0 Å². The molecule has 0 saturated heterocycles. The summed E-state index contributed by atoms with van der Waals surface area (Å²) in [6.45, 7) is 0. The first-order valence-electron chi connectivity index (χ1n) is 6.10. The Balaban J connectivity index is 2.27. The zero-order valence-electron chi connectivity index (χ0n) is 10.3. The number of likely N-dealkylation sites (N-methyl/N-ethyl adjacent to an activating group) is 1. The molecule has 0 aliphatic heterocycles. The van der Waals surface area contributed by atoms with Crippen molar-refractivity contribution in [1.29, 1.82) is 0 Å². The zero-order valence-corrected chi connectivity index (χ0v) is 10.3. The predicted molar refractivity (Wildman–Crippen MR) is 67.6 cm³/mol. The second kappa shape index (κ2) is 5.30. The summed E-state index contributed by atoms with van der Waals surface area (Å²) in [4.78, 5) is 16.1. The molecule has 1 fully saturated rings. The predicted octanol–water partition coefficient (Wildman–Crippen LogP) is 1.73. The van der Waals surface area contributed by atoms with Crippen molar-refractivity contribution in [2.45, 2.75) is 37.8 Å². The molecule has 1 heterocycles. The number of pyridine rings is 1. The monoisotopic (exact) mass is 251 g/mol. The lowest BCUT2D eigenvalue weighted by molar-refractivity contribution is -0.384. The summed E-state index contributed by atoms with van der Waals surface area (Å²) in [5, 5.41) is 21.0. The number of aliphatic hydroxyl groups excluding tert-OH is 1. The van der Waals surface area contributed by atoms with Crippen molar-refractivity contribution in [3.8, 4) is 0 Å². The zero-order chi connectivity index (χ0) is 13.1. The van der Waals surface area contributed by atoms with Crippen molar-refractivity contribution in [2.24, 2.45) is 0 Å². The molecule has 2 rings (SSSR count). The average molecular weight is 251 g/mol. The third kappa shape index (κ3) is 2.43. The largest absolute Gasteiger partial charge is 0.391 e. The molecular weight excluding hydrogens is 234 g/mol. The van der Waals surface area contributed by atoms with E-state index in [2.05, 4.69) is 4.98 Å². The molecule has 18 heavy (non-hydrogen) atoms. The maximum atomic E-state index is 11.0. The van der Waals surface area contributed by atoms with Gasteiger partial charge >= 0.3 is 5.69 Å². The SMILES string of the molecule is CN(c1ccncc1[N+](=O)[O-])C1CCCCC1O. The van der Waals surface area contributed by atoms with E-state index < -0.39 is 11.0 Å². The minimum Gasteiger partial charge on any atom is -0.391 e. The van der Waals surface area contributed by atoms with Gasteiger partial charge in [-0.15, -0.1) is 0 Å². The molecular formula is C12H17N3O3. The lowest BCUT2D eigenvalue weighted by Gasteiger charge is -2.36. The minimum atomic E-state index is -0.436. The molecule has 0 aromatic carbocycles. The number of hydrogen-bond acceptors (Lipinski definition) is 5. The highest BCUT2D eigenvalue weighted by atomic mass is 16.6. The van der Waals surface area contributed by atoms with Crippen LogP contribution in [-0.2, 0) is 0 Å². The Labute approximate surface area is 105 Å². The molecule has 1 aliphatic rings. The van der Waals surface area contributed by atoms with Crippen molar-refractivity contribution < 1.29 is 10.0 Å². The van der Waals surface area contributed by atoms with Crippen LogP contribution in [0.4, 0.5) is 11.4 Å². The molecule has 0 amide bonds. The molecule has 1 saturated carbocycles. The van der Waals surface area contributed by atoms with Crippen LogP contribution in [0.5, 0.6) is 0 Å². The molecule has 0 bridgehead atoms. The Morgan fingerprint density at radius 1 is 1.50 bits per heavy atom. The number of nitrogens with zero attached hydrogens (tertiary/aromatic N) is 3. The summed E-state index contributed by atoms with van der Waals surface area (Å²) in [6, 6.07) is 1.57.